The van der Waals surface area contributed by atoms with Crippen LogP contribution in [0.5, 0.6) is 5.75 Å². The quantitative estimate of drug-likeness (QED) is 0.733. The zero-order valence-corrected chi connectivity index (χ0v) is 16.1. The normalized spacial score (nSPS) is 15.6. The molecule has 1 aromatic carbocycles. The maximum Gasteiger partial charge on any atom is 0.150 e. The Morgan fingerprint density at radius 3 is 2.69 bits per heavy atom. The van der Waals surface area contributed by atoms with Crippen molar-refractivity contribution in [2.75, 3.05) is 51.3 Å². The minimum Gasteiger partial charge on any atom is -0.497 e. The van der Waals surface area contributed by atoms with Gasteiger partial charge in [0.25, 0.3) is 0 Å². The highest BCUT2D eigenvalue weighted by molar-refractivity contribution is 5.51. The molecule has 1 N–H and O–H groups in total. The molecule has 1 saturated heterocycles. The molecule has 142 valence electrons. The van der Waals surface area contributed by atoms with Crippen LogP contribution in [0.25, 0.3) is 0 Å². The first-order chi connectivity index (χ1) is 12.7. The van der Waals surface area contributed by atoms with Crippen molar-refractivity contribution in [2.45, 2.75) is 26.3 Å². The van der Waals surface area contributed by atoms with Crippen LogP contribution >= 0.6 is 0 Å². The molecule has 2 aromatic rings. The Labute approximate surface area is 156 Å². The van der Waals surface area contributed by atoms with Crippen LogP contribution in [-0.4, -0.2) is 56.4 Å². The summed E-state index contributed by atoms with van der Waals surface area (Å²) in [7, 11) is 1.71. The molecule has 0 amide bonds. The van der Waals surface area contributed by atoms with Crippen molar-refractivity contribution in [3.05, 3.63) is 41.8 Å². The van der Waals surface area contributed by atoms with Crippen LogP contribution in [0.3, 0.4) is 0 Å². The third-order valence-electron chi connectivity index (χ3n) is 4.86. The van der Waals surface area contributed by atoms with Crippen LogP contribution in [0, 0.1) is 0 Å². The zero-order valence-electron chi connectivity index (χ0n) is 16.1. The smallest absolute Gasteiger partial charge is 0.150 e. The molecule has 0 spiro atoms. The van der Waals surface area contributed by atoms with Gasteiger partial charge in [-0.3, -0.25) is 4.90 Å². The Kier molecular flexibility index (Phi) is 6.52. The summed E-state index contributed by atoms with van der Waals surface area (Å²) < 4.78 is 10.7. The maximum atomic E-state index is 5.36. The van der Waals surface area contributed by atoms with Crippen molar-refractivity contribution in [2.24, 2.45) is 0 Å². The summed E-state index contributed by atoms with van der Waals surface area (Å²) in [6, 6.07) is 10.4. The van der Waals surface area contributed by atoms with E-state index in [0.29, 0.717) is 5.92 Å². The highest BCUT2D eigenvalue weighted by Crippen LogP contribution is 2.22. The Bertz CT molecular complexity index is 678. The molecule has 6 nitrogen and oxygen atoms in total. The number of methoxy groups -OCH3 is 1. The average molecular weight is 358 g/mol. The van der Waals surface area contributed by atoms with Gasteiger partial charge in [-0.1, -0.05) is 25.1 Å². The first-order valence-corrected chi connectivity index (χ1v) is 9.43. The van der Waals surface area contributed by atoms with E-state index in [9.17, 15) is 0 Å². The molecular formula is C20H30N4O2. The third kappa shape index (κ3) is 4.99. The van der Waals surface area contributed by atoms with E-state index in [4.69, 9.17) is 9.26 Å². The number of anilines is 1. The van der Waals surface area contributed by atoms with Crippen LogP contribution < -0.4 is 15.0 Å². The van der Waals surface area contributed by atoms with Crippen LogP contribution in [0.4, 0.5) is 5.69 Å². The van der Waals surface area contributed by atoms with E-state index in [1.54, 1.807) is 7.11 Å². The lowest BCUT2D eigenvalue weighted by Crippen LogP contribution is -2.48. The molecular weight excluding hydrogens is 328 g/mol. The fourth-order valence-electron chi connectivity index (χ4n) is 3.17. The van der Waals surface area contributed by atoms with Gasteiger partial charge in [-0.2, -0.15) is 0 Å². The number of benzene rings is 1. The molecule has 1 aliphatic heterocycles. The molecule has 1 aliphatic rings. The number of aromatic nitrogens is 1. The van der Waals surface area contributed by atoms with Gasteiger partial charge in [0.2, 0.25) is 0 Å². The molecule has 0 saturated carbocycles. The molecule has 1 fully saturated rings. The number of rotatable bonds is 8. The first kappa shape index (κ1) is 18.7. The second-order valence-corrected chi connectivity index (χ2v) is 7.08. The highest BCUT2D eigenvalue weighted by atomic mass is 16.5. The Balaban J connectivity index is 1.36. The molecule has 0 radical (unpaired) electrons. The molecule has 26 heavy (non-hydrogen) atoms. The van der Waals surface area contributed by atoms with Gasteiger partial charge in [0.1, 0.15) is 5.75 Å². The number of hydrogen-bond donors (Lipinski definition) is 1. The topological polar surface area (TPSA) is 53.8 Å². The number of piperazine rings is 1. The van der Waals surface area contributed by atoms with E-state index in [1.165, 1.54) is 5.69 Å². The van der Waals surface area contributed by atoms with Crippen LogP contribution in [0.1, 0.15) is 31.2 Å². The predicted octanol–water partition coefficient (Wildman–Crippen LogP) is 2.72. The zero-order chi connectivity index (χ0) is 18.4. The van der Waals surface area contributed by atoms with Gasteiger partial charge in [-0.25, -0.2) is 0 Å². The Morgan fingerprint density at radius 2 is 2.00 bits per heavy atom. The van der Waals surface area contributed by atoms with Gasteiger partial charge in [0.15, 0.2) is 5.76 Å². The van der Waals surface area contributed by atoms with Crippen molar-refractivity contribution in [1.29, 1.82) is 0 Å². The molecule has 0 atom stereocenters. The monoisotopic (exact) mass is 358 g/mol. The lowest BCUT2D eigenvalue weighted by atomic mass is 10.1. The summed E-state index contributed by atoms with van der Waals surface area (Å²) in [5.41, 5.74) is 2.27. The van der Waals surface area contributed by atoms with Gasteiger partial charge in [-0.15, -0.1) is 0 Å². The Morgan fingerprint density at radius 1 is 1.19 bits per heavy atom. The third-order valence-corrected chi connectivity index (χ3v) is 4.86. The summed E-state index contributed by atoms with van der Waals surface area (Å²) in [4.78, 5) is 4.93. The van der Waals surface area contributed by atoms with Gasteiger partial charge >= 0.3 is 0 Å². The van der Waals surface area contributed by atoms with Gasteiger partial charge in [0, 0.05) is 57.1 Å². The number of hydrogen-bond acceptors (Lipinski definition) is 6. The van der Waals surface area contributed by atoms with Crippen molar-refractivity contribution < 1.29 is 9.26 Å². The summed E-state index contributed by atoms with van der Waals surface area (Å²) in [6.07, 6.45) is 0. The second kappa shape index (κ2) is 9.05. The molecule has 3 rings (SSSR count). The predicted molar refractivity (Wildman–Crippen MR) is 104 cm³/mol. The fraction of sp³-hybridized carbons (Fsp3) is 0.550. The van der Waals surface area contributed by atoms with Crippen LogP contribution in [-0.2, 0) is 6.54 Å². The molecule has 0 unspecified atom stereocenters. The lowest BCUT2D eigenvalue weighted by Gasteiger charge is -2.36. The van der Waals surface area contributed by atoms with Crippen molar-refractivity contribution >= 4 is 5.69 Å². The summed E-state index contributed by atoms with van der Waals surface area (Å²) in [5.74, 6) is 2.24. The van der Waals surface area contributed by atoms with Gasteiger partial charge in [0.05, 0.1) is 19.3 Å². The molecule has 0 bridgehead atoms. The van der Waals surface area contributed by atoms with Crippen LogP contribution in [0.2, 0.25) is 0 Å². The minimum absolute atomic E-state index is 0.411. The van der Waals surface area contributed by atoms with Crippen molar-refractivity contribution in [3.8, 4) is 5.75 Å². The van der Waals surface area contributed by atoms with E-state index >= 15 is 0 Å². The average Bonchev–Trinajstić information content (AvgIpc) is 3.15. The number of nitrogens with zero attached hydrogens (tertiary/aromatic N) is 3. The summed E-state index contributed by atoms with van der Waals surface area (Å²) >= 11 is 0. The standard InChI is InChI=1S/C20H30N4O2/c1-16(2)20-14-19(26-22-20)15-21-7-8-23-9-11-24(12-10-23)17-5-4-6-18(13-17)25-3/h4-6,13-14,16,21H,7-12,15H2,1-3H3. The van der Waals surface area contributed by atoms with Gasteiger partial charge < -0.3 is 19.5 Å². The first-order valence-electron chi connectivity index (χ1n) is 9.43. The second-order valence-electron chi connectivity index (χ2n) is 7.08. The Hall–Kier alpha value is -2.05. The van der Waals surface area contributed by atoms with Crippen LogP contribution in [0.15, 0.2) is 34.9 Å². The fourth-order valence-corrected chi connectivity index (χ4v) is 3.17. The largest absolute Gasteiger partial charge is 0.497 e. The van der Waals surface area contributed by atoms with E-state index in [0.717, 1.165) is 63.0 Å². The van der Waals surface area contributed by atoms with E-state index < -0.39 is 0 Å². The van der Waals surface area contributed by atoms with E-state index in [1.807, 2.05) is 12.1 Å². The van der Waals surface area contributed by atoms with E-state index in [2.05, 4.69) is 52.3 Å². The summed E-state index contributed by atoms with van der Waals surface area (Å²) in [5, 5.41) is 7.55. The van der Waals surface area contributed by atoms with Gasteiger partial charge in [-0.05, 0) is 18.1 Å². The maximum absolute atomic E-state index is 5.36. The minimum atomic E-state index is 0.411. The van der Waals surface area contributed by atoms with E-state index in [-0.39, 0.29) is 0 Å². The van der Waals surface area contributed by atoms with Crippen molar-refractivity contribution in [3.63, 3.8) is 0 Å². The highest BCUT2D eigenvalue weighted by Gasteiger charge is 2.17. The number of nitrogens with one attached hydrogen (secondary N) is 1. The van der Waals surface area contributed by atoms with Crippen molar-refractivity contribution in [1.82, 2.24) is 15.4 Å². The molecule has 0 aliphatic carbocycles. The SMILES string of the molecule is COc1cccc(N2CCN(CCNCc3cc(C(C)C)no3)CC2)c1. The molecule has 6 heteroatoms. The summed E-state index contributed by atoms with van der Waals surface area (Å²) in [6.45, 7) is 11.3. The number of ether oxygens (including phenoxy) is 1. The lowest BCUT2D eigenvalue weighted by molar-refractivity contribution is 0.255. The molecule has 2 heterocycles. The molecule has 1 aromatic heterocycles.